The fourth-order valence-corrected chi connectivity index (χ4v) is 2.86. The summed E-state index contributed by atoms with van der Waals surface area (Å²) in [5.41, 5.74) is 11.6. The van der Waals surface area contributed by atoms with Gasteiger partial charge in [-0.1, -0.05) is 17.7 Å². The zero-order valence-corrected chi connectivity index (χ0v) is 11.9. The molecule has 0 amide bonds. The SMILES string of the molecule is Cc1cc(C)c(Nc2nc(CCN)cs2)c(C)c1. The molecule has 0 unspecified atom stereocenters. The van der Waals surface area contributed by atoms with E-state index in [0.717, 1.165) is 22.9 Å². The quantitative estimate of drug-likeness (QED) is 0.887. The van der Waals surface area contributed by atoms with Gasteiger partial charge in [0.2, 0.25) is 0 Å². The second-order valence-corrected chi connectivity index (χ2v) is 5.44. The van der Waals surface area contributed by atoms with Crippen molar-refractivity contribution >= 4 is 22.2 Å². The minimum atomic E-state index is 0.645. The van der Waals surface area contributed by atoms with Gasteiger partial charge in [0.25, 0.3) is 0 Å². The van der Waals surface area contributed by atoms with Crippen molar-refractivity contribution in [2.24, 2.45) is 5.73 Å². The first kappa shape index (κ1) is 13.1. The van der Waals surface area contributed by atoms with E-state index in [0.29, 0.717) is 6.54 Å². The van der Waals surface area contributed by atoms with E-state index in [9.17, 15) is 0 Å². The van der Waals surface area contributed by atoms with Crippen LogP contribution in [0, 0.1) is 20.8 Å². The van der Waals surface area contributed by atoms with E-state index in [1.165, 1.54) is 16.7 Å². The summed E-state index contributed by atoms with van der Waals surface area (Å²) in [5.74, 6) is 0. The van der Waals surface area contributed by atoms with E-state index >= 15 is 0 Å². The highest BCUT2D eigenvalue weighted by molar-refractivity contribution is 7.13. The van der Waals surface area contributed by atoms with Gasteiger partial charge in [0.05, 0.1) is 5.69 Å². The fraction of sp³-hybridized carbons (Fsp3) is 0.357. The molecule has 0 fully saturated rings. The van der Waals surface area contributed by atoms with E-state index in [-0.39, 0.29) is 0 Å². The molecular formula is C14H19N3S. The van der Waals surface area contributed by atoms with Crippen LogP contribution in [0.4, 0.5) is 10.8 Å². The molecule has 2 rings (SSSR count). The summed E-state index contributed by atoms with van der Waals surface area (Å²) in [5, 5.41) is 6.42. The maximum absolute atomic E-state index is 5.53. The van der Waals surface area contributed by atoms with Gasteiger partial charge in [-0.15, -0.1) is 11.3 Å². The van der Waals surface area contributed by atoms with E-state index < -0.39 is 0 Å². The molecule has 0 bridgehead atoms. The van der Waals surface area contributed by atoms with E-state index in [2.05, 4.69) is 48.6 Å². The Balaban J connectivity index is 2.22. The number of nitrogens with zero attached hydrogens (tertiary/aromatic N) is 1. The molecule has 1 heterocycles. The minimum Gasteiger partial charge on any atom is -0.331 e. The lowest BCUT2D eigenvalue weighted by molar-refractivity contribution is 0.936. The third-order valence-corrected chi connectivity index (χ3v) is 3.67. The first-order valence-electron chi connectivity index (χ1n) is 6.09. The number of nitrogens with one attached hydrogen (secondary N) is 1. The molecular weight excluding hydrogens is 242 g/mol. The third kappa shape index (κ3) is 2.89. The van der Waals surface area contributed by atoms with Crippen LogP contribution in [0.1, 0.15) is 22.4 Å². The van der Waals surface area contributed by atoms with Crippen LogP contribution in [0.2, 0.25) is 0 Å². The first-order chi connectivity index (χ1) is 8.60. The molecule has 0 radical (unpaired) electrons. The number of benzene rings is 1. The topological polar surface area (TPSA) is 50.9 Å². The van der Waals surface area contributed by atoms with Crippen LogP contribution in [-0.2, 0) is 6.42 Å². The molecule has 1 aromatic carbocycles. The molecule has 0 atom stereocenters. The number of thiazole rings is 1. The average Bonchev–Trinajstić information content (AvgIpc) is 2.72. The molecule has 96 valence electrons. The summed E-state index contributed by atoms with van der Waals surface area (Å²) in [6, 6.07) is 4.37. The third-order valence-electron chi connectivity index (χ3n) is 2.86. The van der Waals surface area contributed by atoms with Crippen molar-refractivity contribution in [1.29, 1.82) is 0 Å². The number of rotatable bonds is 4. The number of aryl methyl sites for hydroxylation is 3. The lowest BCUT2D eigenvalue weighted by Gasteiger charge is -2.11. The highest BCUT2D eigenvalue weighted by Gasteiger charge is 2.07. The van der Waals surface area contributed by atoms with Gasteiger partial charge in [-0.05, 0) is 38.4 Å². The zero-order valence-electron chi connectivity index (χ0n) is 11.1. The van der Waals surface area contributed by atoms with Crippen LogP contribution < -0.4 is 11.1 Å². The molecule has 0 saturated carbocycles. The predicted molar refractivity (Wildman–Crippen MR) is 78.8 cm³/mol. The van der Waals surface area contributed by atoms with E-state index in [1.54, 1.807) is 11.3 Å². The average molecular weight is 261 g/mol. The Morgan fingerprint density at radius 2 is 1.89 bits per heavy atom. The van der Waals surface area contributed by atoms with Crippen molar-refractivity contribution in [3.63, 3.8) is 0 Å². The van der Waals surface area contributed by atoms with Gasteiger partial charge < -0.3 is 11.1 Å². The Bertz CT molecular complexity index is 523. The number of hydrogen-bond acceptors (Lipinski definition) is 4. The van der Waals surface area contributed by atoms with Gasteiger partial charge in [-0.2, -0.15) is 0 Å². The Hall–Kier alpha value is -1.39. The van der Waals surface area contributed by atoms with Crippen LogP contribution in [0.3, 0.4) is 0 Å². The first-order valence-corrected chi connectivity index (χ1v) is 6.97. The molecule has 0 saturated heterocycles. The molecule has 0 spiro atoms. The summed E-state index contributed by atoms with van der Waals surface area (Å²) in [4.78, 5) is 4.53. The minimum absolute atomic E-state index is 0.645. The van der Waals surface area contributed by atoms with Crippen LogP contribution >= 0.6 is 11.3 Å². The van der Waals surface area contributed by atoms with Crippen molar-refractivity contribution in [3.8, 4) is 0 Å². The van der Waals surface area contributed by atoms with Crippen LogP contribution in [0.15, 0.2) is 17.5 Å². The van der Waals surface area contributed by atoms with Crippen LogP contribution in [0.25, 0.3) is 0 Å². The van der Waals surface area contributed by atoms with Crippen molar-refractivity contribution < 1.29 is 0 Å². The maximum atomic E-state index is 5.53. The Labute approximate surface area is 112 Å². The van der Waals surface area contributed by atoms with Gasteiger partial charge in [0, 0.05) is 17.5 Å². The van der Waals surface area contributed by atoms with Crippen molar-refractivity contribution in [1.82, 2.24) is 4.98 Å². The van der Waals surface area contributed by atoms with Gasteiger partial charge in [-0.3, -0.25) is 0 Å². The molecule has 0 aliphatic carbocycles. The Morgan fingerprint density at radius 3 is 2.50 bits per heavy atom. The molecule has 3 nitrogen and oxygen atoms in total. The van der Waals surface area contributed by atoms with Gasteiger partial charge in [0.1, 0.15) is 0 Å². The van der Waals surface area contributed by atoms with Crippen LogP contribution in [0.5, 0.6) is 0 Å². The number of aromatic nitrogens is 1. The highest BCUT2D eigenvalue weighted by Crippen LogP contribution is 2.27. The second kappa shape index (κ2) is 5.50. The smallest absolute Gasteiger partial charge is 0.187 e. The predicted octanol–water partition coefficient (Wildman–Crippen LogP) is 3.31. The summed E-state index contributed by atoms with van der Waals surface area (Å²) >= 11 is 1.63. The van der Waals surface area contributed by atoms with Gasteiger partial charge in [-0.25, -0.2) is 4.98 Å². The van der Waals surface area contributed by atoms with Crippen molar-refractivity contribution in [2.45, 2.75) is 27.2 Å². The second-order valence-electron chi connectivity index (χ2n) is 4.58. The Morgan fingerprint density at radius 1 is 1.22 bits per heavy atom. The van der Waals surface area contributed by atoms with Crippen LogP contribution in [-0.4, -0.2) is 11.5 Å². The molecule has 4 heteroatoms. The number of hydrogen-bond donors (Lipinski definition) is 2. The van der Waals surface area contributed by atoms with E-state index in [1.807, 2.05) is 0 Å². The summed E-state index contributed by atoms with van der Waals surface area (Å²) in [6.45, 7) is 7.01. The van der Waals surface area contributed by atoms with Gasteiger partial charge in [0.15, 0.2) is 5.13 Å². The maximum Gasteiger partial charge on any atom is 0.187 e. The van der Waals surface area contributed by atoms with Crippen molar-refractivity contribution in [2.75, 3.05) is 11.9 Å². The molecule has 0 aliphatic heterocycles. The molecule has 3 N–H and O–H groups in total. The summed E-state index contributed by atoms with van der Waals surface area (Å²) in [6.07, 6.45) is 0.837. The zero-order chi connectivity index (χ0) is 13.1. The normalized spacial score (nSPS) is 10.7. The summed E-state index contributed by atoms with van der Waals surface area (Å²) < 4.78 is 0. The summed E-state index contributed by atoms with van der Waals surface area (Å²) in [7, 11) is 0. The lowest BCUT2D eigenvalue weighted by Crippen LogP contribution is -2.03. The molecule has 2 aromatic rings. The lowest BCUT2D eigenvalue weighted by atomic mass is 10.1. The van der Waals surface area contributed by atoms with Gasteiger partial charge >= 0.3 is 0 Å². The Kier molecular flexibility index (Phi) is 3.99. The monoisotopic (exact) mass is 261 g/mol. The molecule has 0 aliphatic rings. The molecule has 18 heavy (non-hydrogen) atoms. The van der Waals surface area contributed by atoms with E-state index in [4.69, 9.17) is 5.73 Å². The fourth-order valence-electron chi connectivity index (χ4n) is 2.11. The standard InChI is InChI=1S/C14H19N3S/c1-9-6-10(2)13(11(3)7-9)17-14-16-12(4-5-15)8-18-14/h6-8H,4-5,15H2,1-3H3,(H,16,17). The highest BCUT2D eigenvalue weighted by atomic mass is 32.1. The largest absolute Gasteiger partial charge is 0.331 e. The number of anilines is 2. The molecule has 1 aromatic heterocycles. The number of nitrogens with two attached hydrogens (primary N) is 1. The van der Waals surface area contributed by atoms with Crippen molar-refractivity contribution in [3.05, 3.63) is 39.9 Å².